The molecule has 8 nitrogen and oxygen atoms in total. The lowest BCUT2D eigenvalue weighted by Crippen LogP contribution is -2.30. The lowest BCUT2D eigenvalue weighted by atomic mass is 9.95. The van der Waals surface area contributed by atoms with Gasteiger partial charge in [0, 0.05) is 12.5 Å². The Morgan fingerprint density at radius 2 is 1.29 bits per heavy atom. The van der Waals surface area contributed by atoms with Crippen molar-refractivity contribution in [1.29, 1.82) is 0 Å². The molecule has 0 aromatic heterocycles. The summed E-state index contributed by atoms with van der Waals surface area (Å²) in [6.45, 7) is 2.19. The van der Waals surface area contributed by atoms with Crippen molar-refractivity contribution in [2.45, 2.75) is 37.4 Å². The van der Waals surface area contributed by atoms with Crippen LogP contribution in [0.2, 0.25) is 0 Å². The lowest BCUT2D eigenvalue weighted by molar-refractivity contribution is -0.145. The average Bonchev–Trinajstić information content (AvgIpc) is 2.98. The molecular formula is C32H31NO7S. The standard InChI is InChI=1S/C32H31NO7S/c1-24-12-18-30(19-13-24)41(36,37)40-29-16-14-27(15-17-29)28(20-31(34)38-22-25-8-4-2-5-9-25)21-33-32(35)39-23-26-10-6-3-7-11-26/h2-19,28H,20-23H2,1H3,(H,33,35). The number of hydrogen-bond acceptors (Lipinski definition) is 7. The van der Waals surface area contributed by atoms with Crippen molar-refractivity contribution in [3.05, 3.63) is 131 Å². The molecule has 0 aliphatic heterocycles. The topological polar surface area (TPSA) is 108 Å². The first-order valence-corrected chi connectivity index (χ1v) is 14.4. The van der Waals surface area contributed by atoms with Crippen molar-refractivity contribution in [2.75, 3.05) is 6.54 Å². The van der Waals surface area contributed by atoms with Crippen LogP contribution in [0.1, 0.15) is 34.6 Å². The van der Waals surface area contributed by atoms with E-state index in [9.17, 15) is 18.0 Å². The molecule has 0 radical (unpaired) electrons. The Labute approximate surface area is 240 Å². The van der Waals surface area contributed by atoms with Gasteiger partial charge in [0.05, 0.1) is 6.42 Å². The number of benzene rings is 4. The summed E-state index contributed by atoms with van der Waals surface area (Å²) in [6.07, 6.45) is -0.645. The largest absolute Gasteiger partial charge is 0.461 e. The first kappa shape index (κ1) is 29.4. The van der Waals surface area contributed by atoms with Crippen LogP contribution in [0.15, 0.2) is 114 Å². The van der Waals surface area contributed by atoms with Gasteiger partial charge >= 0.3 is 22.2 Å². The summed E-state index contributed by atoms with van der Waals surface area (Å²) in [6, 6.07) is 31.3. The Kier molecular flexibility index (Phi) is 10.1. The first-order chi connectivity index (χ1) is 19.8. The first-order valence-electron chi connectivity index (χ1n) is 13.0. The molecule has 0 aliphatic carbocycles. The summed E-state index contributed by atoms with van der Waals surface area (Å²) in [7, 11) is -4.01. The van der Waals surface area contributed by atoms with Crippen molar-refractivity contribution in [3.8, 4) is 5.75 Å². The molecule has 212 valence electrons. The van der Waals surface area contributed by atoms with Crippen LogP contribution in [0.25, 0.3) is 0 Å². The molecule has 4 aromatic carbocycles. The second-order valence-corrected chi connectivity index (χ2v) is 11.0. The molecule has 0 fully saturated rings. The van der Waals surface area contributed by atoms with Gasteiger partial charge in [0.25, 0.3) is 0 Å². The van der Waals surface area contributed by atoms with Crippen molar-refractivity contribution in [2.24, 2.45) is 0 Å². The number of amides is 1. The van der Waals surface area contributed by atoms with Gasteiger partial charge < -0.3 is 19.0 Å². The van der Waals surface area contributed by atoms with Crippen LogP contribution >= 0.6 is 0 Å². The van der Waals surface area contributed by atoms with Gasteiger partial charge in [0.15, 0.2) is 0 Å². The van der Waals surface area contributed by atoms with Crippen molar-refractivity contribution < 1.29 is 31.7 Å². The smallest absolute Gasteiger partial charge is 0.407 e. The predicted molar refractivity (Wildman–Crippen MR) is 154 cm³/mol. The highest BCUT2D eigenvalue weighted by atomic mass is 32.2. The van der Waals surface area contributed by atoms with E-state index in [0.717, 1.165) is 16.7 Å². The highest BCUT2D eigenvalue weighted by Gasteiger charge is 2.21. The third-order valence-corrected chi connectivity index (χ3v) is 7.49. The SMILES string of the molecule is Cc1ccc(S(=O)(=O)Oc2ccc(C(CNC(=O)OCc3ccccc3)CC(=O)OCc3ccccc3)cc2)cc1. The van der Waals surface area contributed by atoms with Crippen molar-refractivity contribution >= 4 is 22.2 Å². The van der Waals surface area contributed by atoms with Gasteiger partial charge in [0.2, 0.25) is 0 Å². The van der Waals surface area contributed by atoms with Gasteiger partial charge in [-0.25, -0.2) is 4.79 Å². The summed E-state index contributed by atoms with van der Waals surface area (Å²) in [5.74, 6) is -0.791. The summed E-state index contributed by atoms with van der Waals surface area (Å²) in [4.78, 5) is 25.1. The van der Waals surface area contributed by atoms with Crippen molar-refractivity contribution in [1.82, 2.24) is 5.32 Å². The number of nitrogens with one attached hydrogen (secondary N) is 1. The number of rotatable bonds is 12. The molecule has 0 bridgehead atoms. The van der Waals surface area contributed by atoms with E-state index in [-0.39, 0.29) is 36.8 Å². The molecule has 0 saturated carbocycles. The zero-order chi connectivity index (χ0) is 29.1. The highest BCUT2D eigenvalue weighted by molar-refractivity contribution is 7.87. The van der Waals surface area contributed by atoms with Crippen LogP contribution < -0.4 is 9.50 Å². The molecule has 0 heterocycles. The second kappa shape index (κ2) is 14.1. The predicted octanol–water partition coefficient (Wildman–Crippen LogP) is 5.91. The van der Waals surface area contributed by atoms with Gasteiger partial charge in [0.1, 0.15) is 23.9 Å². The van der Waals surface area contributed by atoms with Crippen LogP contribution in [-0.4, -0.2) is 27.0 Å². The Morgan fingerprint density at radius 1 is 0.732 bits per heavy atom. The molecule has 4 aromatic rings. The molecule has 0 aliphatic rings. The summed E-state index contributed by atoms with van der Waals surface area (Å²) < 4.78 is 41.4. The van der Waals surface area contributed by atoms with E-state index in [4.69, 9.17) is 13.7 Å². The van der Waals surface area contributed by atoms with Gasteiger partial charge in [-0.3, -0.25) is 4.79 Å². The number of hydrogen-bond donors (Lipinski definition) is 1. The van der Waals surface area contributed by atoms with Crippen LogP contribution in [0.4, 0.5) is 4.79 Å². The fourth-order valence-corrected chi connectivity index (χ4v) is 4.89. The maximum absolute atomic E-state index is 12.7. The third-order valence-electron chi connectivity index (χ3n) is 6.23. The van der Waals surface area contributed by atoms with E-state index < -0.39 is 28.1 Å². The second-order valence-electron chi connectivity index (χ2n) is 9.41. The molecule has 1 atom stereocenters. The molecule has 0 saturated heterocycles. The van der Waals surface area contributed by atoms with E-state index >= 15 is 0 Å². The van der Waals surface area contributed by atoms with Gasteiger partial charge in [-0.2, -0.15) is 8.42 Å². The number of carbonyl (C=O) groups excluding carboxylic acids is 2. The third kappa shape index (κ3) is 9.22. The molecule has 0 spiro atoms. The minimum absolute atomic E-state index is 0.0202. The summed E-state index contributed by atoms with van der Waals surface area (Å²) >= 11 is 0. The maximum Gasteiger partial charge on any atom is 0.407 e. The number of ether oxygens (including phenoxy) is 2. The monoisotopic (exact) mass is 573 g/mol. The Bertz CT molecular complexity index is 1520. The fraction of sp³-hybridized carbons (Fsp3) is 0.188. The molecule has 1 N–H and O–H groups in total. The number of esters is 1. The summed E-state index contributed by atoms with van der Waals surface area (Å²) in [5, 5.41) is 2.71. The van der Waals surface area contributed by atoms with E-state index in [1.54, 1.807) is 24.3 Å². The van der Waals surface area contributed by atoms with Crippen LogP contribution in [0, 0.1) is 6.92 Å². The minimum Gasteiger partial charge on any atom is -0.461 e. The minimum atomic E-state index is -4.01. The zero-order valence-corrected chi connectivity index (χ0v) is 23.4. The van der Waals surface area contributed by atoms with Gasteiger partial charge in [-0.1, -0.05) is 90.5 Å². The highest BCUT2D eigenvalue weighted by Crippen LogP contribution is 2.25. The van der Waals surface area contributed by atoms with Crippen LogP contribution in [-0.2, 0) is 37.6 Å². The molecule has 9 heteroatoms. The fourth-order valence-electron chi connectivity index (χ4n) is 3.96. The molecular weight excluding hydrogens is 542 g/mol. The lowest BCUT2D eigenvalue weighted by Gasteiger charge is -2.18. The molecule has 4 rings (SSSR count). The van der Waals surface area contributed by atoms with E-state index in [1.807, 2.05) is 67.6 Å². The maximum atomic E-state index is 12.7. The average molecular weight is 574 g/mol. The molecule has 1 amide bonds. The zero-order valence-electron chi connectivity index (χ0n) is 22.6. The van der Waals surface area contributed by atoms with E-state index in [2.05, 4.69) is 5.32 Å². The number of carbonyl (C=O) groups is 2. The van der Waals surface area contributed by atoms with Crippen molar-refractivity contribution in [3.63, 3.8) is 0 Å². The number of alkyl carbamates (subject to hydrolysis) is 1. The van der Waals surface area contributed by atoms with Gasteiger partial charge in [-0.15, -0.1) is 0 Å². The number of aryl methyl sites for hydroxylation is 1. The van der Waals surface area contributed by atoms with Crippen LogP contribution in [0.5, 0.6) is 5.75 Å². The molecule has 41 heavy (non-hydrogen) atoms. The Morgan fingerprint density at radius 3 is 1.88 bits per heavy atom. The van der Waals surface area contributed by atoms with E-state index in [1.165, 1.54) is 24.3 Å². The Balaban J connectivity index is 1.41. The van der Waals surface area contributed by atoms with E-state index in [0.29, 0.717) is 5.56 Å². The quantitative estimate of drug-likeness (QED) is 0.166. The van der Waals surface area contributed by atoms with Crippen LogP contribution in [0.3, 0.4) is 0 Å². The van der Waals surface area contributed by atoms with Gasteiger partial charge in [-0.05, 0) is 47.9 Å². The Hall–Kier alpha value is -4.63. The normalized spacial score (nSPS) is 11.7. The summed E-state index contributed by atoms with van der Waals surface area (Å²) in [5.41, 5.74) is 3.32. The molecule has 1 unspecified atom stereocenters.